The summed E-state index contributed by atoms with van der Waals surface area (Å²) in [5.41, 5.74) is 0.254. The van der Waals surface area contributed by atoms with E-state index in [1.807, 2.05) is 36.0 Å². The Balaban J connectivity index is 2.22. The van der Waals surface area contributed by atoms with Crippen LogP contribution in [0, 0.1) is 0 Å². The van der Waals surface area contributed by atoms with Crippen LogP contribution >= 0.6 is 23.4 Å². The lowest BCUT2D eigenvalue weighted by atomic mass is 9.92. The van der Waals surface area contributed by atoms with Gasteiger partial charge in [0.1, 0.15) is 5.54 Å². The minimum Gasteiger partial charge on any atom is -0.467 e. The van der Waals surface area contributed by atoms with E-state index < -0.39 is 5.54 Å². The highest BCUT2D eigenvalue weighted by molar-refractivity contribution is 7.99. The average Bonchev–Trinajstić information content (AvgIpc) is 2.39. The molecule has 1 heterocycles. The number of anilines is 1. The zero-order valence-corrected chi connectivity index (χ0v) is 11.8. The number of esters is 1. The van der Waals surface area contributed by atoms with Crippen molar-refractivity contribution in [1.29, 1.82) is 0 Å². The van der Waals surface area contributed by atoms with Crippen LogP contribution in [0.3, 0.4) is 0 Å². The molecular weight excluding hydrogens is 270 g/mol. The SMILES string of the molecule is COC(=O)C1(Nc2cccc(Cl)c2)CCSCC1. The van der Waals surface area contributed by atoms with Crippen molar-refractivity contribution in [2.24, 2.45) is 0 Å². The van der Waals surface area contributed by atoms with Gasteiger partial charge in [-0.15, -0.1) is 0 Å². The standard InChI is InChI=1S/C13H16ClNO2S/c1-17-12(16)13(5-7-18-8-6-13)15-11-4-2-3-10(14)9-11/h2-4,9,15H,5-8H2,1H3. The summed E-state index contributed by atoms with van der Waals surface area (Å²) in [5, 5.41) is 3.97. The molecule has 1 aliphatic rings. The highest BCUT2D eigenvalue weighted by Gasteiger charge is 2.40. The van der Waals surface area contributed by atoms with Gasteiger partial charge in [0.05, 0.1) is 7.11 Å². The lowest BCUT2D eigenvalue weighted by Crippen LogP contribution is -2.49. The van der Waals surface area contributed by atoms with Gasteiger partial charge in [0.2, 0.25) is 0 Å². The predicted octanol–water partition coefficient (Wildman–Crippen LogP) is 3.19. The van der Waals surface area contributed by atoms with Gasteiger partial charge in [0.15, 0.2) is 0 Å². The number of methoxy groups -OCH3 is 1. The predicted molar refractivity (Wildman–Crippen MR) is 76.4 cm³/mol. The van der Waals surface area contributed by atoms with Crippen molar-refractivity contribution < 1.29 is 9.53 Å². The number of thioether (sulfide) groups is 1. The number of halogens is 1. The molecule has 1 aliphatic heterocycles. The van der Waals surface area contributed by atoms with Gasteiger partial charge < -0.3 is 10.1 Å². The van der Waals surface area contributed by atoms with Crippen LogP contribution in [0.25, 0.3) is 0 Å². The molecule has 1 N–H and O–H groups in total. The van der Waals surface area contributed by atoms with Crippen LogP contribution in [0.2, 0.25) is 5.02 Å². The molecule has 98 valence electrons. The zero-order valence-electron chi connectivity index (χ0n) is 10.2. The number of carbonyl (C=O) groups excluding carboxylic acids is 1. The van der Waals surface area contributed by atoms with Crippen molar-refractivity contribution in [3.63, 3.8) is 0 Å². The maximum atomic E-state index is 12.1. The zero-order chi connectivity index (χ0) is 13.0. The van der Waals surface area contributed by atoms with Crippen LogP contribution in [0.15, 0.2) is 24.3 Å². The second kappa shape index (κ2) is 5.85. The van der Waals surface area contributed by atoms with E-state index in [-0.39, 0.29) is 5.97 Å². The largest absolute Gasteiger partial charge is 0.467 e. The molecule has 1 saturated heterocycles. The van der Waals surface area contributed by atoms with Crippen LogP contribution in [0.5, 0.6) is 0 Å². The van der Waals surface area contributed by atoms with E-state index in [1.165, 1.54) is 7.11 Å². The molecule has 0 aliphatic carbocycles. The highest BCUT2D eigenvalue weighted by Crippen LogP contribution is 2.32. The fraction of sp³-hybridized carbons (Fsp3) is 0.462. The third kappa shape index (κ3) is 2.93. The fourth-order valence-corrected chi connectivity index (χ4v) is 3.52. The van der Waals surface area contributed by atoms with Crippen molar-refractivity contribution >= 4 is 35.0 Å². The molecule has 3 nitrogen and oxygen atoms in total. The Hall–Kier alpha value is -0.870. The van der Waals surface area contributed by atoms with E-state index in [4.69, 9.17) is 16.3 Å². The summed E-state index contributed by atoms with van der Waals surface area (Å²) in [6.45, 7) is 0. The monoisotopic (exact) mass is 285 g/mol. The van der Waals surface area contributed by atoms with Crippen LogP contribution in [0.4, 0.5) is 5.69 Å². The molecule has 5 heteroatoms. The van der Waals surface area contributed by atoms with Crippen LogP contribution in [-0.4, -0.2) is 30.1 Å². The third-order valence-corrected chi connectivity index (χ3v) is 4.35. The molecule has 1 aromatic rings. The van der Waals surface area contributed by atoms with Crippen molar-refractivity contribution in [1.82, 2.24) is 0 Å². The summed E-state index contributed by atoms with van der Waals surface area (Å²) in [5.74, 6) is 1.73. The maximum absolute atomic E-state index is 12.1. The highest BCUT2D eigenvalue weighted by atomic mass is 35.5. The Labute approximate surface area is 116 Å². The van der Waals surface area contributed by atoms with Gasteiger partial charge in [-0.05, 0) is 42.5 Å². The van der Waals surface area contributed by atoms with E-state index in [9.17, 15) is 4.79 Å². The molecule has 1 fully saturated rings. The normalized spacial score (nSPS) is 18.1. The van der Waals surface area contributed by atoms with Crippen molar-refractivity contribution in [3.05, 3.63) is 29.3 Å². The molecule has 0 unspecified atom stereocenters. The molecule has 2 rings (SSSR count). The number of hydrogen-bond acceptors (Lipinski definition) is 4. The second-order valence-corrected chi connectivity index (χ2v) is 5.98. The molecule has 1 aromatic carbocycles. The molecule has 0 aromatic heterocycles. The number of nitrogens with one attached hydrogen (secondary N) is 1. The van der Waals surface area contributed by atoms with Gasteiger partial charge >= 0.3 is 5.97 Å². The quantitative estimate of drug-likeness (QED) is 0.866. The Morgan fingerprint density at radius 1 is 1.44 bits per heavy atom. The summed E-state index contributed by atoms with van der Waals surface area (Å²) in [6.07, 6.45) is 1.55. The number of hydrogen-bond donors (Lipinski definition) is 1. The summed E-state index contributed by atoms with van der Waals surface area (Å²) in [6, 6.07) is 7.42. The lowest BCUT2D eigenvalue weighted by molar-refractivity contribution is -0.146. The number of ether oxygens (including phenoxy) is 1. The van der Waals surface area contributed by atoms with Gasteiger partial charge in [0, 0.05) is 10.7 Å². The molecule has 0 amide bonds. The molecule has 18 heavy (non-hydrogen) atoms. The minimum atomic E-state index is -0.606. The van der Waals surface area contributed by atoms with E-state index in [0.717, 1.165) is 30.0 Å². The summed E-state index contributed by atoms with van der Waals surface area (Å²) < 4.78 is 4.95. The van der Waals surface area contributed by atoms with E-state index in [1.54, 1.807) is 0 Å². The Kier molecular flexibility index (Phi) is 4.40. The van der Waals surface area contributed by atoms with Crippen molar-refractivity contribution in [3.8, 4) is 0 Å². The Morgan fingerprint density at radius 3 is 2.78 bits per heavy atom. The first kappa shape index (κ1) is 13.6. The smallest absolute Gasteiger partial charge is 0.331 e. The number of benzene rings is 1. The Bertz CT molecular complexity index is 433. The van der Waals surface area contributed by atoms with Crippen molar-refractivity contribution in [2.45, 2.75) is 18.4 Å². The number of carbonyl (C=O) groups is 1. The van der Waals surface area contributed by atoms with Crippen LogP contribution in [0.1, 0.15) is 12.8 Å². The first-order valence-corrected chi connectivity index (χ1v) is 7.39. The van der Waals surface area contributed by atoms with Gasteiger partial charge in [-0.3, -0.25) is 0 Å². The maximum Gasteiger partial charge on any atom is 0.331 e. The summed E-state index contributed by atoms with van der Waals surface area (Å²) in [7, 11) is 1.44. The lowest BCUT2D eigenvalue weighted by Gasteiger charge is -2.35. The first-order chi connectivity index (χ1) is 8.66. The molecular formula is C13H16ClNO2S. The molecule has 0 saturated carbocycles. The second-order valence-electron chi connectivity index (χ2n) is 4.32. The third-order valence-electron chi connectivity index (χ3n) is 3.13. The van der Waals surface area contributed by atoms with Gasteiger partial charge in [-0.25, -0.2) is 4.79 Å². The topological polar surface area (TPSA) is 38.3 Å². The number of rotatable bonds is 3. The van der Waals surface area contributed by atoms with Gasteiger partial charge in [-0.2, -0.15) is 11.8 Å². The van der Waals surface area contributed by atoms with E-state index >= 15 is 0 Å². The van der Waals surface area contributed by atoms with Crippen LogP contribution < -0.4 is 5.32 Å². The van der Waals surface area contributed by atoms with E-state index in [2.05, 4.69) is 5.32 Å². The van der Waals surface area contributed by atoms with E-state index in [0.29, 0.717) is 5.02 Å². The minimum absolute atomic E-state index is 0.192. The van der Waals surface area contributed by atoms with Crippen LogP contribution in [-0.2, 0) is 9.53 Å². The summed E-state index contributed by atoms with van der Waals surface area (Å²) >= 11 is 7.83. The molecule has 0 radical (unpaired) electrons. The Morgan fingerprint density at radius 2 is 2.17 bits per heavy atom. The summed E-state index contributed by atoms with van der Waals surface area (Å²) in [4.78, 5) is 12.1. The average molecular weight is 286 g/mol. The van der Waals surface area contributed by atoms with Gasteiger partial charge in [-0.1, -0.05) is 17.7 Å². The first-order valence-electron chi connectivity index (χ1n) is 5.86. The fourth-order valence-electron chi connectivity index (χ4n) is 2.14. The van der Waals surface area contributed by atoms with Gasteiger partial charge in [0.25, 0.3) is 0 Å². The molecule has 0 bridgehead atoms. The molecule has 0 atom stereocenters. The molecule has 0 spiro atoms. The van der Waals surface area contributed by atoms with Crippen molar-refractivity contribution in [2.75, 3.05) is 23.9 Å².